The van der Waals surface area contributed by atoms with E-state index in [0.29, 0.717) is 6.04 Å². The summed E-state index contributed by atoms with van der Waals surface area (Å²) in [5.41, 5.74) is 8.15. The van der Waals surface area contributed by atoms with Crippen LogP contribution < -0.4 is 15.5 Å². The zero-order valence-corrected chi connectivity index (χ0v) is 12.1. The number of amides is 1. The maximum Gasteiger partial charge on any atom is 0.230 e. The second kappa shape index (κ2) is 5.44. The van der Waals surface area contributed by atoms with E-state index in [0.717, 1.165) is 50.1 Å². The van der Waals surface area contributed by atoms with Crippen molar-refractivity contribution in [2.45, 2.75) is 31.7 Å². The number of rotatable bonds is 1. The summed E-state index contributed by atoms with van der Waals surface area (Å²) in [6, 6.07) is 8.47. The number of nitrogens with two attached hydrogens (primary N) is 1. The van der Waals surface area contributed by atoms with Crippen molar-refractivity contribution in [1.82, 2.24) is 0 Å². The Kier molecular flexibility index (Phi) is 3.66. The van der Waals surface area contributed by atoms with E-state index in [1.807, 2.05) is 17.0 Å². The van der Waals surface area contributed by atoms with Gasteiger partial charge < -0.3 is 15.5 Å². The van der Waals surface area contributed by atoms with Crippen LogP contribution in [0.3, 0.4) is 0 Å². The molecule has 4 heteroatoms. The first-order valence-electron chi connectivity index (χ1n) is 7.54. The molecule has 1 aromatic carbocycles. The van der Waals surface area contributed by atoms with Crippen molar-refractivity contribution in [3.8, 4) is 0 Å². The van der Waals surface area contributed by atoms with E-state index in [9.17, 15) is 4.79 Å². The van der Waals surface area contributed by atoms with Gasteiger partial charge in [0.1, 0.15) is 0 Å². The summed E-state index contributed by atoms with van der Waals surface area (Å²) < 4.78 is 0. The number of nitrogens with zero attached hydrogens (tertiary/aromatic N) is 2. The number of carbonyl (C=O) groups is 1. The summed E-state index contributed by atoms with van der Waals surface area (Å²) in [7, 11) is 2.08. The zero-order chi connectivity index (χ0) is 14.1. The Bertz CT molecular complexity index is 494. The predicted molar refractivity (Wildman–Crippen MR) is 82.0 cm³/mol. The number of para-hydroxylation sites is 2. The Balaban J connectivity index is 1.81. The van der Waals surface area contributed by atoms with Crippen LogP contribution in [0.25, 0.3) is 0 Å². The molecular weight excluding hydrogens is 250 g/mol. The number of benzene rings is 1. The maximum absolute atomic E-state index is 12.8. The summed E-state index contributed by atoms with van der Waals surface area (Å²) in [5.74, 6) is 0.448. The first kappa shape index (κ1) is 13.4. The van der Waals surface area contributed by atoms with Crippen LogP contribution in [-0.4, -0.2) is 32.1 Å². The normalized spacial score (nSPS) is 26.3. The van der Waals surface area contributed by atoms with E-state index in [1.54, 1.807) is 0 Å². The Morgan fingerprint density at radius 1 is 1.10 bits per heavy atom. The Morgan fingerprint density at radius 3 is 2.45 bits per heavy atom. The van der Waals surface area contributed by atoms with Gasteiger partial charge in [0.25, 0.3) is 0 Å². The lowest BCUT2D eigenvalue weighted by Crippen LogP contribution is -2.46. The second-order valence-electron chi connectivity index (χ2n) is 6.01. The van der Waals surface area contributed by atoms with Gasteiger partial charge in [0.15, 0.2) is 0 Å². The SMILES string of the molecule is CN1CCN(C(=O)C2CCC(N)CC2)c2ccccc21. The first-order valence-corrected chi connectivity index (χ1v) is 7.54. The standard InChI is InChI=1S/C16H23N3O/c1-18-10-11-19(15-5-3-2-4-14(15)18)16(20)12-6-8-13(17)9-7-12/h2-5,12-13H,6-11,17H2,1H3. The molecule has 2 N–H and O–H groups in total. The molecule has 1 heterocycles. The lowest BCUT2D eigenvalue weighted by molar-refractivity contribution is -0.123. The Hall–Kier alpha value is -1.55. The van der Waals surface area contributed by atoms with Crippen LogP contribution >= 0.6 is 0 Å². The predicted octanol–water partition coefficient (Wildman–Crippen LogP) is 1.99. The molecule has 1 aliphatic heterocycles. The number of carbonyl (C=O) groups excluding carboxylic acids is 1. The van der Waals surface area contributed by atoms with Gasteiger partial charge in [-0.05, 0) is 37.8 Å². The van der Waals surface area contributed by atoms with Crippen molar-refractivity contribution in [2.75, 3.05) is 29.9 Å². The zero-order valence-electron chi connectivity index (χ0n) is 12.1. The third-order valence-electron chi connectivity index (χ3n) is 4.63. The number of fused-ring (bicyclic) bond motifs is 1. The summed E-state index contributed by atoms with van der Waals surface area (Å²) in [6.45, 7) is 1.68. The molecule has 4 nitrogen and oxygen atoms in total. The number of anilines is 2. The average Bonchev–Trinajstić information content (AvgIpc) is 2.48. The Morgan fingerprint density at radius 2 is 1.75 bits per heavy atom. The van der Waals surface area contributed by atoms with Crippen molar-refractivity contribution < 1.29 is 4.79 Å². The minimum atomic E-state index is 0.159. The van der Waals surface area contributed by atoms with Crippen molar-refractivity contribution in [2.24, 2.45) is 11.7 Å². The van der Waals surface area contributed by atoms with Crippen molar-refractivity contribution in [3.63, 3.8) is 0 Å². The van der Waals surface area contributed by atoms with Crippen LogP contribution in [0.2, 0.25) is 0 Å². The maximum atomic E-state index is 12.8. The number of hydrogen-bond acceptors (Lipinski definition) is 3. The van der Waals surface area contributed by atoms with E-state index in [2.05, 4.69) is 24.1 Å². The highest BCUT2D eigenvalue weighted by Crippen LogP contribution is 2.34. The largest absolute Gasteiger partial charge is 0.371 e. The molecule has 1 aromatic rings. The molecule has 1 amide bonds. The third-order valence-corrected chi connectivity index (χ3v) is 4.63. The third kappa shape index (κ3) is 2.40. The van der Waals surface area contributed by atoms with Crippen LogP contribution in [0.1, 0.15) is 25.7 Å². The van der Waals surface area contributed by atoms with E-state index >= 15 is 0 Å². The molecule has 2 aliphatic rings. The van der Waals surface area contributed by atoms with Gasteiger partial charge >= 0.3 is 0 Å². The average molecular weight is 273 g/mol. The second-order valence-corrected chi connectivity index (χ2v) is 6.01. The highest BCUT2D eigenvalue weighted by atomic mass is 16.2. The van der Waals surface area contributed by atoms with Crippen molar-refractivity contribution in [3.05, 3.63) is 24.3 Å². The minimum Gasteiger partial charge on any atom is -0.371 e. The minimum absolute atomic E-state index is 0.159. The van der Waals surface area contributed by atoms with Gasteiger partial charge in [-0.1, -0.05) is 12.1 Å². The number of hydrogen-bond donors (Lipinski definition) is 1. The van der Waals surface area contributed by atoms with Crippen molar-refractivity contribution >= 4 is 17.3 Å². The summed E-state index contributed by atoms with van der Waals surface area (Å²) in [5, 5.41) is 0. The van der Waals surface area contributed by atoms with Gasteiger partial charge in [0, 0.05) is 32.1 Å². The first-order chi connectivity index (χ1) is 9.66. The smallest absolute Gasteiger partial charge is 0.230 e. The molecule has 0 spiro atoms. The topological polar surface area (TPSA) is 49.6 Å². The molecule has 0 saturated heterocycles. The molecule has 1 saturated carbocycles. The Labute approximate surface area is 120 Å². The van der Waals surface area contributed by atoms with Crippen LogP contribution in [-0.2, 0) is 4.79 Å². The fraction of sp³-hybridized carbons (Fsp3) is 0.562. The van der Waals surface area contributed by atoms with Crippen LogP contribution in [0, 0.1) is 5.92 Å². The summed E-state index contributed by atoms with van der Waals surface area (Å²) in [4.78, 5) is 17.0. The molecule has 0 bridgehead atoms. The van der Waals surface area contributed by atoms with Crippen LogP contribution in [0.15, 0.2) is 24.3 Å². The van der Waals surface area contributed by atoms with Gasteiger partial charge in [0.2, 0.25) is 5.91 Å². The molecule has 3 rings (SSSR count). The molecular formula is C16H23N3O. The summed E-state index contributed by atoms with van der Waals surface area (Å²) in [6.07, 6.45) is 3.83. The van der Waals surface area contributed by atoms with E-state index in [1.165, 1.54) is 0 Å². The van der Waals surface area contributed by atoms with E-state index < -0.39 is 0 Å². The molecule has 108 valence electrons. The molecule has 0 radical (unpaired) electrons. The lowest BCUT2D eigenvalue weighted by atomic mass is 9.85. The van der Waals surface area contributed by atoms with Gasteiger partial charge in [0.05, 0.1) is 11.4 Å². The van der Waals surface area contributed by atoms with Crippen molar-refractivity contribution in [1.29, 1.82) is 0 Å². The quantitative estimate of drug-likeness (QED) is 0.851. The van der Waals surface area contributed by atoms with Gasteiger partial charge in [-0.2, -0.15) is 0 Å². The lowest BCUT2D eigenvalue weighted by Gasteiger charge is -2.38. The van der Waals surface area contributed by atoms with Gasteiger partial charge in [-0.3, -0.25) is 4.79 Å². The van der Waals surface area contributed by atoms with Gasteiger partial charge in [-0.15, -0.1) is 0 Å². The number of likely N-dealkylation sites (N-methyl/N-ethyl adjacent to an activating group) is 1. The van der Waals surface area contributed by atoms with E-state index in [4.69, 9.17) is 5.73 Å². The molecule has 20 heavy (non-hydrogen) atoms. The monoisotopic (exact) mass is 273 g/mol. The van der Waals surface area contributed by atoms with Crippen LogP contribution in [0.5, 0.6) is 0 Å². The van der Waals surface area contributed by atoms with E-state index in [-0.39, 0.29) is 11.8 Å². The molecule has 0 atom stereocenters. The van der Waals surface area contributed by atoms with Crippen LogP contribution in [0.4, 0.5) is 11.4 Å². The highest BCUT2D eigenvalue weighted by Gasteiger charge is 2.32. The van der Waals surface area contributed by atoms with Gasteiger partial charge in [-0.25, -0.2) is 0 Å². The molecule has 1 fully saturated rings. The molecule has 1 aliphatic carbocycles. The highest BCUT2D eigenvalue weighted by molar-refractivity contribution is 5.99. The fourth-order valence-corrected chi connectivity index (χ4v) is 3.32. The molecule has 0 aromatic heterocycles. The fourth-order valence-electron chi connectivity index (χ4n) is 3.32. The molecule has 0 unspecified atom stereocenters. The summed E-state index contributed by atoms with van der Waals surface area (Å²) >= 11 is 0.